The van der Waals surface area contributed by atoms with Crippen LogP contribution >= 0.6 is 7.14 Å². The molecule has 0 aromatic heterocycles. The Balaban J connectivity index is 2.86. The molecule has 0 radical (unpaired) electrons. The number of nitrogens with zero attached hydrogens (tertiary/aromatic N) is 2. The van der Waals surface area contributed by atoms with E-state index in [1.165, 1.54) is 12.9 Å². The van der Waals surface area contributed by atoms with Crippen molar-refractivity contribution < 1.29 is 19.1 Å². The van der Waals surface area contributed by atoms with E-state index < -0.39 is 28.4 Å². The zero-order valence-electron chi connectivity index (χ0n) is 11.4. The maximum absolute atomic E-state index is 13.0. The number of methoxy groups -OCH3 is 1. The summed E-state index contributed by atoms with van der Waals surface area (Å²) in [6.07, 6.45) is 0.663. The first-order valence-corrected chi connectivity index (χ1v) is 8.03. The molecule has 1 unspecified atom stereocenters. The summed E-state index contributed by atoms with van der Waals surface area (Å²) in [7, 11) is -2.10. The van der Waals surface area contributed by atoms with Gasteiger partial charge in [-0.1, -0.05) is 5.57 Å². The number of ether oxygens (including phenoxy) is 1. The van der Waals surface area contributed by atoms with Crippen LogP contribution in [0.2, 0.25) is 0 Å². The largest absolute Gasteiger partial charge is 0.490 e. The molecule has 0 spiro atoms. The lowest BCUT2D eigenvalue weighted by Crippen LogP contribution is -2.16. The fourth-order valence-electron chi connectivity index (χ4n) is 2.42. The van der Waals surface area contributed by atoms with Gasteiger partial charge in [-0.2, -0.15) is 0 Å². The van der Waals surface area contributed by atoms with E-state index in [0.29, 0.717) is 6.42 Å². The minimum Gasteiger partial charge on any atom is -0.490 e. The van der Waals surface area contributed by atoms with Gasteiger partial charge < -0.3 is 9.30 Å². The molecule has 0 fully saturated rings. The number of nitro groups is 2. The average Bonchev–Trinajstić information content (AvgIpc) is 2.77. The van der Waals surface area contributed by atoms with Crippen molar-refractivity contribution >= 4 is 23.8 Å². The van der Waals surface area contributed by atoms with E-state index in [1.807, 2.05) is 0 Å². The van der Waals surface area contributed by atoms with Crippen molar-refractivity contribution in [1.29, 1.82) is 0 Å². The standard InChI is InChI=1S/C12H13N2O6P/c1-8-5-6-21(19,7-8)12-9(13(15)16)3-4-10(20-2)11(12)14(17)18/h3-4,7H,5-6H2,1-2H3. The van der Waals surface area contributed by atoms with Gasteiger partial charge in [0.25, 0.3) is 5.69 Å². The highest BCUT2D eigenvalue weighted by atomic mass is 31.2. The van der Waals surface area contributed by atoms with E-state index in [9.17, 15) is 24.8 Å². The van der Waals surface area contributed by atoms with Gasteiger partial charge in [-0.3, -0.25) is 20.2 Å². The van der Waals surface area contributed by atoms with Gasteiger partial charge in [0.05, 0.1) is 17.0 Å². The first-order chi connectivity index (χ1) is 9.80. The zero-order valence-corrected chi connectivity index (χ0v) is 12.3. The molecule has 0 bridgehead atoms. The molecule has 0 aliphatic carbocycles. The number of allylic oxidation sites excluding steroid dienone is 1. The fraction of sp³-hybridized carbons (Fsp3) is 0.333. The molecule has 1 atom stereocenters. The predicted molar refractivity (Wildman–Crippen MR) is 76.8 cm³/mol. The molecule has 112 valence electrons. The summed E-state index contributed by atoms with van der Waals surface area (Å²) in [5.41, 5.74) is -0.275. The van der Waals surface area contributed by atoms with Gasteiger partial charge in [0.2, 0.25) is 0 Å². The number of benzene rings is 1. The van der Waals surface area contributed by atoms with Crippen molar-refractivity contribution in [2.24, 2.45) is 0 Å². The van der Waals surface area contributed by atoms with Gasteiger partial charge in [-0.25, -0.2) is 0 Å². The summed E-state index contributed by atoms with van der Waals surface area (Å²) in [6.45, 7) is 1.75. The Hall–Kier alpha value is -2.21. The Kier molecular flexibility index (Phi) is 3.82. The SMILES string of the molecule is COc1ccc([N+](=O)[O-])c(P2(=O)C=C(C)CC2)c1[N+](=O)[O-]. The van der Waals surface area contributed by atoms with Crippen LogP contribution in [0, 0.1) is 20.2 Å². The van der Waals surface area contributed by atoms with Crippen LogP contribution in [0.5, 0.6) is 5.75 Å². The number of rotatable bonds is 4. The Bertz CT molecular complexity index is 712. The number of hydrogen-bond acceptors (Lipinski definition) is 6. The molecular formula is C12H13N2O6P. The summed E-state index contributed by atoms with van der Waals surface area (Å²) in [5.74, 6) is 1.30. The molecule has 2 rings (SSSR count). The van der Waals surface area contributed by atoms with Crippen LogP contribution in [-0.2, 0) is 4.57 Å². The van der Waals surface area contributed by atoms with E-state index in [2.05, 4.69) is 0 Å². The second kappa shape index (κ2) is 5.29. The smallest absolute Gasteiger partial charge is 0.328 e. The number of hydrogen-bond donors (Lipinski definition) is 0. The molecule has 1 aliphatic rings. The maximum atomic E-state index is 13.0. The molecule has 0 saturated carbocycles. The van der Waals surface area contributed by atoms with Gasteiger partial charge >= 0.3 is 5.69 Å². The lowest BCUT2D eigenvalue weighted by atomic mass is 10.2. The summed E-state index contributed by atoms with van der Waals surface area (Å²) >= 11 is 0. The van der Waals surface area contributed by atoms with E-state index >= 15 is 0 Å². The van der Waals surface area contributed by atoms with Crippen molar-refractivity contribution in [2.45, 2.75) is 13.3 Å². The minimum absolute atomic E-state index is 0.131. The van der Waals surface area contributed by atoms with E-state index in [1.54, 1.807) is 6.92 Å². The van der Waals surface area contributed by atoms with Gasteiger partial charge in [-0.15, -0.1) is 0 Å². The van der Waals surface area contributed by atoms with Crippen molar-refractivity contribution in [3.8, 4) is 5.75 Å². The van der Waals surface area contributed by atoms with Crippen molar-refractivity contribution in [2.75, 3.05) is 13.3 Å². The number of nitro benzene ring substituents is 2. The topological polar surface area (TPSA) is 113 Å². The Morgan fingerprint density at radius 3 is 2.33 bits per heavy atom. The summed E-state index contributed by atoms with van der Waals surface area (Å²) in [6, 6.07) is 2.25. The average molecular weight is 312 g/mol. The molecule has 0 N–H and O–H groups in total. The summed E-state index contributed by atoms with van der Waals surface area (Å²) < 4.78 is 17.9. The highest BCUT2D eigenvalue weighted by molar-refractivity contribution is 7.75. The minimum atomic E-state index is -3.33. The summed E-state index contributed by atoms with van der Waals surface area (Å²) in [4.78, 5) is 21.0. The highest BCUT2D eigenvalue weighted by Crippen LogP contribution is 2.57. The van der Waals surface area contributed by atoms with Gasteiger partial charge in [0, 0.05) is 12.2 Å². The Morgan fingerprint density at radius 2 is 1.90 bits per heavy atom. The third-order valence-electron chi connectivity index (χ3n) is 3.34. The molecule has 0 amide bonds. The molecule has 1 heterocycles. The Morgan fingerprint density at radius 1 is 1.24 bits per heavy atom. The van der Waals surface area contributed by atoms with Crippen molar-refractivity contribution in [1.82, 2.24) is 0 Å². The first kappa shape index (κ1) is 15.2. The van der Waals surface area contributed by atoms with E-state index in [-0.39, 0.29) is 17.2 Å². The predicted octanol–water partition coefficient (Wildman–Crippen LogP) is 2.81. The van der Waals surface area contributed by atoms with Crippen LogP contribution in [-0.4, -0.2) is 23.1 Å². The quantitative estimate of drug-likeness (QED) is 0.480. The molecule has 0 saturated heterocycles. The third kappa shape index (κ3) is 2.54. The lowest BCUT2D eigenvalue weighted by molar-refractivity contribution is -0.392. The summed E-state index contributed by atoms with van der Waals surface area (Å²) in [5, 5.41) is 22.2. The van der Waals surface area contributed by atoms with Crippen molar-refractivity contribution in [3.05, 3.63) is 43.8 Å². The highest BCUT2D eigenvalue weighted by Gasteiger charge is 2.42. The fourth-order valence-corrected chi connectivity index (χ4v) is 5.52. The maximum Gasteiger partial charge on any atom is 0.328 e. The van der Waals surface area contributed by atoms with Crippen molar-refractivity contribution in [3.63, 3.8) is 0 Å². The molecule has 9 heteroatoms. The van der Waals surface area contributed by atoms with E-state index in [0.717, 1.165) is 17.7 Å². The normalized spacial score (nSPS) is 21.0. The van der Waals surface area contributed by atoms with Crippen LogP contribution in [0.3, 0.4) is 0 Å². The van der Waals surface area contributed by atoms with Crippen LogP contribution < -0.4 is 10.0 Å². The second-order valence-electron chi connectivity index (χ2n) is 4.74. The monoisotopic (exact) mass is 312 g/mol. The van der Waals surface area contributed by atoms with Crippen LogP contribution in [0.1, 0.15) is 13.3 Å². The second-order valence-corrected chi connectivity index (χ2v) is 7.49. The van der Waals surface area contributed by atoms with Crippen LogP contribution in [0.15, 0.2) is 23.5 Å². The van der Waals surface area contributed by atoms with Gasteiger partial charge in [0.15, 0.2) is 18.2 Å². The lowest BCUT2D eigenvalue weighted by Gasteiger charge is -2.12. The molecule has 1 aliphatic heterocycles. The molecule has 8 nitrogen and oxygen atoms in total. The zero-order chi connectivity index (χ0) is 15.8. The van der Waals surface area contributed by atoms with E-state index in [4.69, 9.17) is 4.74 Å². The van der Waals surface area contributed by atoms with Crippen LogP contribution in [0.4, 0.5) is 11.4 Å². The molecule has 1 aromatic rings. The van der Waals surface area contributed by atoms with Gasteiger partial charge in [-0.05, 0) is 25.2 Å². The third-order valence-corrected chi connectivity index (χ3v) is 6.28. The van der Waals surface area contributed by atoms with Gasteiger partial charge in [0.1, 0.15) is 0 Å². The first-order valence-electron chi connectivity index (χ1n) is 6.07. The molecule has 1 aromatic carbocycles. The molecular weight excluding hydrogens is 299 g/mol. The van der Waals surface area contributed by atoms with Crippen LogP contribution in [0.25, 0.3) is 0 Å². The Labute approximate surface area is 120 Å². The molecule has 21 heavy (non-hydrogen) atoms.